The second-order valence-electron chi connectivity index (χ2n) is 7.12. The van der Waals surface area contributed by atoms with Crippen molar-refractivity contribution in [3.8, 4) is 17.1 Å². The Morgan fingerprint density at radius 3 is 2.50 bits per heavy atom. The third kappa shape index (κ3) is 3.86. The number of nitrogens with zero attached hydrogens (tertiary/aromatic N) is 3. The molecule has 0 fully saturated rings. The Hall–Kier alpha value is -3.38. The zero-order valence-electron chi connectivity index (χ0n) is 16.4. The second-order valence-corrected chi connectivity index (χ2v) is 8.06. The Bertz CT molecular complexity index is 1170. The molecule has 0 amide bonds. The van der Waals surface area contributed by atoms with E-state index >= 15 is 0 Å². The molecule has 2 heterocycles. The maximum absolute atomic E-state index is 6.32. The molecule has 0 saturated heterocycles. The van der Waals surface area contributed by atoms with Crippen LogP contribution in [0.3, 0.4) is 0 Å². The standard InChI is InChI=1S/C24H20N4OS/c1-16-11-13-18(14-12-16)22-25-20-10-6-5-9-19(20)21-23(29-22)26-24(28-27-21)30-15-17-7-3-2-4-8-17/h2-14,22,25H,15H2,1H3. The Kier molecular flexibility index (Phi) is 5.07. The molecule has 0 spiro atoms. The lowest BCUT2D eigenvalue weighted by Gasteiger charge is -2.19. The summed E-state index contributed by atoms with van der Waals surface area (Å²) in [6.45, 7) is 2.07. The fourth-order valence-corrected chi connectivity index (χ4v) is 4.06. The van der Waals surface area contributed by atoms with E-state index in [1.807, 2.05) is 42.5 Å². The number of anilines is 1. The van der Waals surface area contributed by atoms with Crippen molar-refractivity contribution in [1.82, 2.24) is 15.2 Å². The number of hydrogen-bond acceptors (Lipinski definition) is 6. The molecule has 6 heteroatoms. The van der Waals surface area contributed by atoms with Gasteiger partial charge in [0.2, 0.25) is 11.0 Å². The highest BCUT2D eigenvalue weighted by Gasteiger charge is 2.25. The van der Waals surface area contributed by atoms with Crippen LogP contribution in [0.1, 0.15) is 22.9 Å². The highest BCUT2D eigenvalue weighted by atomic mass is 32.2. The second kappa shape index (κ2) is 8.16. The average molecular weight is 413 g/mol. The minimum absolute atomic E-state index is 0.364. The van der Waals surface area contributed by atoms with Gasteiger partial charge in [-0.2, -0.15) is 4.98 Å². The van der Waals surface area contributed by atoms with Gasteiger partial charge in [0, 0.05) is 22.6 Å². The quantitative estimate of drug-likeness (QED) is 0.438. The van der Waals surface area contributed by atoms with Gasteiger partial charge < -0.3 is 10.1 Å². The molecule has 30 heavy (non-hydrogen) atoms. The topological polar surface area (TPSA) is 59.9 Å². The van der Waals surface area contributed by atoms with Crippen molar-refractivity contribution < 1.29 is 4.74 Å². The summed E-state index contributed by atoms with van der Waals surface area (Å²) < 4.78 is 6.32. The molecular formula is C24H20N4OS. The smallest absolute Gasteiger partial charge is 0.247 e. The van der Waals surface area contributed by atoms with Crippen molar-refractivity contribution in [2.45, 2.75) is 24.1 Å². The zero-order chi connectivity index (χ0) is 20.3. The molecule has 1 aliphatic rings. The highest BCUT2D eigenvalue weighted by molar-refractivity contribution is 7.98. The zero-order valence-corrected chi connectivity index (χ0v) is 17.3. The minimum atomic E-state index is -0.364. The first-order valence-corrected chi connectivity index (χ1v) is 10.8. The van der Waals surface area contributed by atoms with Crippen molar-refractivity contribution in [3.05, 3.63) is 95.6 Å². The molecule has 0 radical (unpaired) electrons. The molecule has 4 aromatic rings. The largest absolute Gasteiger partial charge is 0.448 e. The van der Waals surface area contributed by atoms with Crippen LogP contribution in [0.25, 0.3) is 11.3 Å². The van der Waals surface area contributed by atoms with Crippen LogP contribution in [-0.4, -0.2) is 15.2 Å². The normalized spacial score (nSPS) is 14.6. The number of benzene rings is 3. The number of ether oxygens (including phenoxy) is 1. The SMILES string of the molecule is Cc1ccc(C2Nc3ccccc3-c3nnc(SCc4ccccc4)nc3O2)cc1. The molecule has 3 aromatic carbocycles. The van der Waals surface area contributed by atoms with Gasteiger partial charge in [0.05, 0.1) is 0 Å². The summed E-state index contributed by atoms with van der Waals surface area (Å²) in [6.07, 6.45) is -0.364. The van der Waals surface area contributed by atoms with Crippen molar-refractivity contribution >= 4 is 17.4 Å². The Morgan fingerprint density at radius 2 is 1.67 bits per heavy atom. The molecule has 148 valence electrons. The molecular weight excluding hydrogens is 392 g/mol. The molecule has 0 aliphatic carbocycles. The van der Waals surface area contributed by atoms with Crippen LogP contribution >= 0.6 is 11.8 Å². The number of hydrogen-bond donors (Lipinski definition) is 1. The van der Waals surface area contributed by atoms with Gasteiger partial charge in [-0.05, 0) is 18.6 Å². The summed E-state index contributed by atoms with van der Waals surface area (Å²) in [5.74, 6) is 1.26. The summed E-state index contributed by atoms with van der Waals surface area (Å²) in [5.41, 5.74) is 5.98. The third-order valence-corrected chi connectivity index (χ3v) is 5.83. The monoisotopic (exact) mass is 412 g/mol. The first-order valence-electron chi connectivity index (χ1n) is 9.77. The van der Waals surface area contributed by atoms with Gasteiger partial charge in [-0.1, -0.05) is 90.1 Å². The predicted octanol–water partition coefficient (Wildman–Crippen LogP) is 5.64. The van der Waals surface area contributed by atoms with Gasteiger partial charge in [-0.15, -0.1) is 10.2 Å². The van der Waals surface area contributed by atoms with Crippen LogP contribution in [0.4, 0.5) is 5.69 Å². The predicted molar refractivity (Wildman–Crippen MR) is 119 cm³/mol. The van der Waals surface area contributed by atoms with E-state index < -0.39 is 0 Å². The lowest BCUT2D eigenvalue weighted by Crippen LogP contribution is -2.17. The number of para-hydroxylation sites is 1. The summed E-state index contributed by atoms with van der Waals surface area (Å²) in [6, 6.07) is 26.6. The van der Waals surface area contributed by atoms with Gasteiger partial charge in [0.1, 0.15) is 0 Å². The first-order chi connectivity index (χ1) is 14.8. The van der Waals surface area contributed by atoms with Crippen molar-refractivity contribution in [3.63, 3.8) is 0 Å². The van der Waals surface area contributed by atoms with Crippen LogP contribution in [-0.2, 0) is 5.75 Å². The number of aryl methyl sites for hydroxylation is 1. The van der Waals surface area contributed by atoms with E-state index in [2.05, 4.69) is 58.8 Å². The van der Waals surface area contributed by atoms with E-state index in [4.69, 9.17) is 9.72 Å². The number of nitrogens with one attached hydrogen (secondary N) is 1. The number of rotatable bonds is 4. The highest BCUT2D eigenvalue weighted by Crippen LogP contribution is 2.39. The fourth-order valence-electron chi connectivity index (χ4n) is 3.32. The van der Waals surface area contributed by atoms with Gasteiger partial charge in [-0.25, -0.2) is 0 Å². The van der Waals surface area contributed by atoms with E-state index in [0.717, 1.165) is 22.6 Å². The summed E-state index contributed by atoms with van der Waals surface area (Å²) in [5, 5.41) is 12.9. The van der Waals surface area contributed by atoms with Gasteiger partial charge >= 0.3 is 0 Å². The lowest BCUT2D eigenvalue weighted by molar-refractivity contribution is 0.225. The number of thioether (sulfide) groups is 1. The lowest BCUT2D eigenvalue weighted by atomic mass is 10.1. The molecule has 0 bridgehead atoms. The molecule has 1 atom stereocenters. The van der Waals surface area contributed by atoms with Crippen LogP contribution < -0.4 is 10.1 Å². The molecule has 1 aliphatic heterocycles. The van der Waals surface area contributed by atoms with E-state index in [1.54, 1.807) is 11.8 Å². The van der Waals surface area contributed by atoms with Crippen LogP contribution in [0.5, 0.6) is 5.88 Å². The van der Waals surface area contributed by atoms with Crippen LogP contribution in [0.15, 0.2) is 84.0 Å². The van der Waals surface area contributed by atoms with E-state index in [-0.39, 0.29) is 6.23 Å². The maximum atomic E-state index is 6.32. The molecule has 1 N–H and O–H groups in total. The van der Waals surface area contributed by atoms with Gasteiger partial charge in [-0.3, -0.25) is 0 Å². The fraction of sp³-hybridized carbons (Fsp3) is 0.125. The van der Waals surface area contributed by atoms with Crippen molar-refractivity contribution in [2.24, 2.45) is 0 Å². The minimum Gasteiger partial charge on any atom is -0.448 e. The Balaban J connectivity index is 1.50. The molecule has 1 aromatic heterocycles. The Labute approximate surface area is 179 Å². The molecule has 5 rings (SSSR count). The number of fused-ring (bicyclic) bond motifs is 3. The third-order valence-electron chi connectivity index (χ3n) is 4.92. The van der Waals surface area contributed by atoms with Crippen molar-refractivity contribution in [2.75, 3.05) is 5.32 Å². The van der Waals surface area contributed by atoms with E-state index in [1.165, 1.54) is 11.1 Å². The Morgan fingerprint density at radius 1 is 0.900 bits per heavy atom. The molecule has 0 saturated carbocycles. The van der Waals surface area contributed by atoms with E-state index in [0.29, 0.717) is 16.7 Å². The summed E-state index contributed by atoms with van der Waals surface area (Å²) >= 11 is 1.55. The first kappa shape index (κ1) is 18.6. The number of aromatic nitrogens is 3. The van der Waals surface area contributed by atoms with Gasteiger partial charge in [0.15, 0.2) is 11.9 Å². The molecule has 1 unspecified atom stereocenters. The van der Waals surface area contributed by atoms with Crippen LogP contribution in [0.2, 0.25) is 0 Å². The van der Waals surface area contributed by atoms with Crippen LogP contribution in [0, 0.1) is 6.92 Å². The summed E-state index contributed by atoms with van der Waals surface area (Å²) in [4.78, 5) is 4.71. The molecule has 5 nitrogen and oxygen atoms in total. The average Bonchev–Trinajstić information content (AvgIpc) is 2.95. The summed E-state index contributed by atoms with van der Waals surface area (Å²) in [7, 11) is 0. The van der Waals surface area contributed by atoms with Gasteiger partial charge in [0.25, 0.3) is 0 Å². The van der Waals surface area contributed by atoms with E-state index in [9.17, 15) is 0 Å². The van der Waals surface area contributed by atoms with Crippen molar-refractivity contribution in [1.29, 1.82) is 0 Å². The maximum Gasteiger partial charge on any atom is 0.247 e.